The van der Waals surface area contributed by atoms with Crippen LogP contribution in [-0.4, -0.2) is 34.1 Å². The van der Waals surface area contributed by atoms with Gasteiger partial charge >= 0.3 is 5.97 Å². The zero-order chi connectivity index (χ0) is 7.49. The monoisotopic (exact) mass is 151 g/mol. The summed E-state index contributed by atoms with van der Waals surface area (Å²) in [5.74, 6) is -1.31. The van der Waals surface area contributed by atoms with Crippen LogP contribution in [0.4, 0.5) is 0 Å². The van der Waals surface area contributed by atoms with Crippen molar-refractivity contribution < 1.29 is 15.0 Å². The molecular weight excluding hydrogens is 142 g/mol. The summed E-state index contributed by atoms with van der Waals surface area (Å²) >= 11 is 3.65. The Kier molecular flexibility index (Phi) is 2.96. The number of hydrogen-bond acceptors (Lipinski definition) is 4. The van der Waals surface area contributed by atoms with E-state index in [1.54, 1.807) is 0 Å². The molecule has 0 aliphatic carbocycles. The van der Waals surface area contributed by atoms with Crippen molar-refractivity contribution in [3.63, 3.8) is 0 Å². The first-order valence-electron chi connectivity index (χ1n) is 2.31. The fraction of sp³-hybridized carbons (Fsp3) is 0.750. The summed E-state index contributed by atoms with van der Waals surface area (Å²) in [5.41, 5.74) is 3.53. The van der Waals surface area contributed by atoms with Gasteiger partial charge in [-0.05, 0) is 0 Å². The molecule has 4 nitrogen and oxygen atoms in total. The smallest absolute Gasteiger partial charge is 0.326 e. The Morgan fingerprint density at radius 3 is 2.22 bits per heavy atom. The van der Waals surface area contributed by atoms with E-state index in [1.165, 1.54) is 0 Å². The molecule has 0 aliphatic heterocycles. The largest absolute Gasteiger partial charge is 0.480 e. The van der Waals surface area contributed by atoms with Crippen LogP contribution in [0.1, 0.15) is 0 Å². The fourth-order valence-corrected chi connectivity index (χ4v) is 0.421. The van der Waals surface area contributed by atoms with Gasteiger partial charge in [0.1, 0.15) is 5.54 Å². The van der Waals surface area contributed by atoms with Gasteiger partial charge in [-0.2, -0.15) is 12.6 Å². The lowest BCUT2D eigenvalue weighted by molar-refractivity contribution is -0.143. The molecule has 9 heavy (non-hydrogen) atoms. The van der Waals surface area contributed by atoms with E-state index in [0.29, 0.717) is 0 Å². The van der Waals surface area contributed by atoms with Crippen molar-refractivity contribution in [2.24, 2.45) is 5.73 Å². The molecule has 1 atom stereocenters. The van der Waals surface area contributed by atoms with Gasteiger partial charge in [0.05, 0.1) is 6.61 Å². The van der Waals surface area contributed by atoms with Crippen LogP contribution in [0, 0.1) is 0 Å². The van der Waals surface area contributed by atoms with Crippen LogP contribution >= 0.6 is 12.6 Å². The van der Waals surface area contributed by atoms with Crippen LogP contribution in [0.15, 0.2) is 0 Å². The van der Waals surface area contributed by atoms with Gasteiger partial charge in [-0.25, -0.2) is 0 Å². The molecule has 0 unspecified atom stereocenters. The number of carboxylic acids is 1. The summed E-state index contributed by atoms with van der Waals surface area (Å²) in [4.78, 5) is 10.1. The molecule has 5 heteroatoms. The van der Waals surface area contributed by atoms with E-state index < -0.39 is 18.1 Å². The number of aliphatic hydroxyl groups excluding tert-OH is 1. The SMILES string of the molecule is N[C@](CO)(CS)C(=O)O. The highest BCUT2D eigenvalue weighted by Crippen LogP contribution is 2.00. The standard InChI is InChI=1S/C4H9NO3S/c5-4(1-6,2-9)3(7)8/h6,9H,1-2,5H2,(H,7,8)/t4-/m1/s1. The molecule has 0 aromatic heterocycles. The molecule has 0 bridgehead atoms. The summed E-state index contributed by atoms with van der Waals surface area (Å²) in [5, 5.41) is 16.7. The molecule has 0 aromatic carbocycles. The Morgan fingerprint density at radius 2 is 2.22 bits per heavy atom. The molecule has 0 saturated heterocycles. The van der Waals surface area contributed by atoms with Crippen molar-refractivity contribution >= 4 is 18.6 Å². The Balaban J connectivity index is 4.09. The maximum Gasteiger partial charge on any atom is 0.326 e. The molecule has 54 valence electrons. The van der Waals surface area contributed by atoms with Crippen LogP contribution in [0.5, 0.6) is 0 Å². The van der Waals surface area contributed by atoms with E-state index in [4.69, 9.17) is 15.9 Å². The summed E-state index contributed by atoms with van der Waals surface area (Å²) in [7, 11) is 0. The number of thiol groups is 1. The molecule has 0 aromatic rings. The first-order chi connectivity index (χ1) is 4.06. The van der Waals surface area contributed by atoms with Crippen molar-refractivity contribution in [1.82, 2.24) is 0 Å². The van der Waals surface area contributed by atoms with Crippen LogP contribution in [0.3, 0.4) is 0 Å². The molecule has 0 rings (SSSR count). The van der Waals surface area contributed by atoms with Gasteiger partial charge in [-0.1, -0.05) is 0 Å². The zero-order valence-electron chi connectivity index (χ0n) is 4.74. The van der Waals surface area contributed by atoms with E-state index in [2.05, 4.69) is 12.6 Å². The second-order valence-electron chi connectivity index (χ2n) is 1.78. The van der Waals surface area contributed by atoms with Crippen molar-refractivity contribution in [3.8, 4) is 0 Å². The van der Waals surface area contributed by atoms with Crippen molar-refractivity contribution in [3.05, 3.63) is 0 Å². The summed E-state index contributed by atoms with van der Waals surface area (Å²) in [6.45, 7) is -0.591. The van der Waals surface area contributed by atoms with Gasteiger partial charge in [0, 0.05) is 5.75 Å². The number of rotatable bonds is 3. The maximum absolute atomic E-state index is 10.1. The molecule has 0 spiro atoms. The van der Waals surface area contributed by atoms with Crippen LogP contribution in [0.25, 0.3) is 0 Å². The van der Waals surface area contributed by atoms with E-state index in [9.17, 15) is 4.79 Å². The highest BCUT2D eigenvalue weighted by molar-refractivity contribution is 7.80. The lowest BCUT2D eigenvalue weighted by Gasteiger charge is -2.18. The van der Waals surface area contributed by atoms with Crippen LogP contribution < -0.4 is 5.73 Å². The number of carbonyl (C=O) groups is 1. The molecule has 0 heterocycles. The Labute approximate surface area is 58.1 Å². The predicted octanol–water partition coefficient (Wildman–Crippen LogP) is -1.31. The number of carboxylic acid groups (broad SMARTS) is 1. The summed E-state index contributed by atoms with van der Waals surface area (Å²) in [6.07, 6.45) is 0. The highest BCUT2D eigenvalue weighted by Gasteiger charge is 2.31. The Bertz CT molecular complexity index is 112. The third kappa shape index (κ3) is 1.85. The lowest BCUT2D eigenvalue weighted by atomic mass is 10.1. The normalized spacial score (nSPS) is 16.8. The third-order valence-electron chi connectivity index (χ3n) is 0.990. The van der Waals surface area contributed by atoms with E-state index in [-0.39, 0.29) is 5.75 Å². The van der Waals surface area contributed by atoms with Gasteiger partial charge in [0.2, 0.25) is 0 Å². The second kappa shape index (κ2) is 3.05. The van der Waals surface area contributed by atoms with E-state index >= 15 is 0 Å². The second-order valence-corrected chi connectivity index (χ2v) is 2.09. The maximum atomic E-state index is 10.1. The van der Waals surface area contributed by atoms with Crippen molar-refractivity contribution in [2.45, 2.75) is 5.54 Å². The number of hydrogen-bond donors (Lipinski definition) is 4. The van der Waals surface area contributed by atoms with Gasteiger partial charge in [0.25, 0.3) is 0 Å². The predicted molar refractivity (Wildman–Crippen MR) is 35.5 cm³/mol. The summed E-state index contributed by atoms with van der Waals surface area (Å²) < 4.78 is 0. The fourth-order valence-electron chi connectivity index (χ4n) is 0.185. The number of nitrogens with two attached hydrogens (primary N) is 1. The van der Waals surface area contributed by atoms with Crippen molar-refractivity contribution in [2.75, 3.05) is 12.4 Å². The average Bonchev–Trinajstić information content (AvgIpc) is 1.86. The molecule has 0 aliphatic rings. The third-order valence-corrected chi connectivity index (χ3v) is 1.55. The van der Waals surface area contributed by atoms with Gasteiger partial charge in [0.15, 0.2) is 0 Å². The average molecular weight is 151 g/mol. The summed E-state index contributed by atoms with van der Waals surface area (Å²) in [6, 6.07) is 0. The van der Waals surface area contributed by atoms with Gasteiger partial charge in [-0.15, -0.1) is 0 Å². The van der Waals surface area contributed by atoms with Gasteiger partial charge in [-0.3, -0.25) is 4.79 Å². The van der Waals surface area contributed by atoms with Gasteiger partial charge < -0.3 is 15.9 Å². The minimum Gasteiger partial charge on any atom is -0.480 e. The first-order valence-corrected chi connectivity index (χ1v) is 2.94. The minimum atomic E-state index is -1.58. The Morgan fingerprint density at radius 1 is 1.78 bits per heavy atom. The van der Waals surface area contributed by atoms with Crippen molar-refractivity contribution in [1.29, 1.82) is 0 Å². The van der Waals surface area contributed by atoms with E-state index in [0.717, 1.165) is 0 Å². The molecule has 0 amide bonds. The molecule has 0 saturated carbocycles. The number of aliphatic hydroxyl groups is 1. The highest BCUT2D eigenvalue weighted by atomic mass is 32.1. The topological polar surface area (TPSA) is 83.5 Å². The minimum absolute atomic E-state index is 0.0706. The lowest BCUT2D eigenvalue weighted by Crippen LogP contribution is -2.53. The molecule has 0 radical (unpaired) electrons. The first kappa shape index (κ1) is 8.74. The van der Waals surface area contributed by atoms with Crippen LogP contribution in [0.2, 0.25) is 0 Å². The van der Waals surface area contributed by atoms with Crippen LogP contribution in [-0.2, 0) is 4.79 Å². The number of aliphatic carboxylic acids is 1. The quantitative estimate of drug-likeness (QED) is 0.377. The Hall–Kier alpha value is -0.260. The molecular formula is C4H9NO3S. The molecule has 0 fully saturated rings. The molecule has 4 N–H and O–H groups in total. The van der Waals surface area contributed by atoms with E-state index in [1.807, 2.05) is 0 Å². The zero-order valence-corrected chi connectivity index (χ0v) is 5.64.